The molecule has 5 heterocycles. The summed E-state index contributed by atoms with van der Waals surface area (Å²) >= 11 is 0. The van der Waals surface area contributed by atoms with Crippen LogP contribution in [0.3, 0.4) is 0 Å². The van der Waals surface area contributed by atoms with E-state index in [0.717, 1.165) is 31.5 Å². The number of methoxy groups -OCH3 is 1. The van der Waals surface area contributed by atoms with Crippen LogP contribution in [0.5, 0.6) is 5.88 Å². The Balaban J connectivity index is 1.38. The van der Waals surface area contributed by atoms with Crippen molar-refractivity contribution in [2.45, 2.75) is 61.7 Å². The van der Waals surface area contributed by atoms with Crippen molar-refractivity contribution in [2.75, 3.05) is 24.4 Å². The molecular weight excluding hydrogens is 503 g/mol. The van der Waals surface area contributed by atoms with Gasteiger partial charge in [0.2, 0.25) is 21.9 Å². The maximum absolute atomic E-state index is 13.8. The van der Waals surface area contributed by atoms with Crippen molar-refractivity contribution in [3.63, 3.8) is 0 Å². The molecular formula is C23H29FN8O4S. The van der Waals surface area contributed by atoms with Crippen LogP contribution in [0.2, 0.25) is 0 Å². The molecule has 5 rings (SSSR count). The van der Waals surface area contributed by atoms with Crippen LogP contribution < -0.4 is 15.0 Å². The molecule has 2 fully saturated rings. The molecule has 0 saturated carbocycles. The predicted octanol–water partition coefficient (Wildman–Crippen LogP) is 2.19. The second-order valence-corrected chi connectivity index (χ2v) is 11.1. The quantitative estimate of drug-likeness (QED) is 0.394. The molecule has 2 aliphatic rings. The number of nitrogens with zero attached hydrogens (tertiary/aromatic N) is 6. The van der Waals surface area contributed by atoms with Gasteiger partial charge in [0.15, 0.2) is 5.82 Å². The van der Waals surface area contributed by atoms with Gasteiger partial charge in [0, 0.05) is 43.5 Å². The van der Waals surface area contributed by atoms with Gasteiger partial charge in [-0.1, -0.05) is 6.42 Å². The highest BCUT2D eigenvalue weighted by atomic mass is 32.2. The SMILES string of the molecule is COc1cc(Nc2cc(CO)[nH]n2)nc(N(C)[C@H]2C[C@H]3CCC[C@@H](C2)N3S(=O)(=O)c2cncc(F)c2)n1. The Labute approximate surface area is 214 Å². The van der Waals surface area contributed by atoms with Crippen LogP contribution in [0.25, 0.3) is 0 Å². The summed E-state index contributed by atoms with van der Waals surface area (Å²) in [5, 5.41) is 19.2. The number of aromatic nitrogens is 5. The Bertz CT molecular complexity index is 1360. The van der Waals surface area contributed by atoms with Crippen molar-refractivity contribution in [2.24, 2.45) is 0 Å². The number of piperidine rings is 2. The molecule has 0 radical (unpaired) electrons. The van der Waals surface area contributed by atoms with Crippen molar-refractivity contribution in [1.29, 1.82) is 0 Å². The summed E-state index contributed by atoms with van der Waals surface area (Å²) in [4.78, 5) is 14.7. The Morgan fingerprint density at radius 3 is 2.59 bits per heavy atom. The van der Waals surface area contributed by atoms with E-state index >= 15 is 0 Å². The summed E-state index contributed by atoms with van der Waals surface area (Å²) in [6.45, 7) is -0.164. The number of aliphatic hydroxyl groups excluding tert-OH is 1. The standard InChI is InChI=1S/C23H29FN8O4S/c1-31(23-27-20(10-22(28-23)36-2)26-21-7-15(13-33)29-30-21)18-8-16-4-3-5-17(9-18)32(16)37(34,35)19-6-14(24)11-25-12-19/h6-7,10-12,16-18,33H,3-5,8-9,13H2,1-2H3,(H2,26,27,28,29,30)/t16-,17+,18+. The van der Waals surface area contributed by atoms with E-state index in [0.29, 0.717) is 42.0 Å². The molecule has 3 N–H and O–H groups in total. The Morgan fingerprint density at radius 1 is 1.19 bits per heavy atom. The maximum Gasteiger partial charge on any atom is 0.245 e. The lowest BCUT2D eigenvalue weighted by atomic mass is 9.83. The molecule has 0 aliphatic carbocycles. The first-order chi connectivity index (χ1) is 17.8. The van der Waals surface area contributed by atoms with Crippen molar-refractivity contribution in [3.05, 3.63) is 42.1 Å². The molecule has 198 valence electrons. The van der Waals surface area contributed by atoms with Crippen molar-refractivity contribution >= 4 is 27.6 Å². The van der Waals surface area contributed by atoms with Gasteiger partial charge >= 0.3 is 0 Å². The number of aromatic amines is 1. The summed E-state index contributed by atoms with van der Waals surface area (Å²) in [5.74, 6) is 1.05. The van der Waals surface area contributed by atoms with E-state index in [9.17, 15) is 17.9 Å². The van der Waals surface area contributed by atoms with Gasteiger partial charge in [-0.05, 0) is 31.7 Å². The molecule has 3 aromatic rings. The second-order valence-electron chi connectivity index (χ2n) is 9.31. The summed E-state index contributed by atoms with van der Waals surface area (Å²) in [7, 11) is -0.482. The minimum absolute atomic E-state index is 0.0151. The molecule has 0 spiro atoms. The van der Waals surface area contributed by atoms with E-state index in [-0.39, 0.29) is 29.6 Å². The Hall–Kier alpha value is -3.36. The molecule has 3 atom stereocenters. The highest BCUT2D eigenvalue weighted by Crippen LogP contribution is 2.40. The van der Waals surface area contributed by atoms with Crippen LogP contribution in [0, 0.1) is 5.82 Å². The minimum Gasteiger partial charge on any atom is -0.481 e. The summed E-state index contributed by atoms with van der Waals surface area (Å²) < 4.78 is 47.6. The Kier molecular flexibility index (Phi) is 6.96. The molecule has 12 nitrogen and oxygen atoms in total. The zero-order valence-corrected chi connectivity index (χ0v) is 21.3. The van der Waals surface area contributed by atoms with Gasteiger partial charge in [0.05, 0.1) is 25.6 Å². The van der Waals surface area contributed by atoms with Gasteiger partial charge in [0.25, 0.3) is 0 Å². The number of sulfonamides is 1. The normalized spacial score (nSPS) is 22.0. The number of fused-ring (bicyclic) bond motifs is 2. The molecule has 3 aromatic heterocycles. The van der Waals surface area contributed by atoms with Crippen LogP contribution in [-0.2, 0) is 16.6 Å². The molecule has 0 aromatic carbocycles. The van der Waals surface area contributed by atoms with E-state index in [1.807, 2.05) is 11.9 Å². The van der Waals surface area contributed by atoms with Crippen LogP contribution in [0.15, 0.2) is 35.5 Å². The first-order valence-corrected chi connectivity index (χ1v) is 13.4. The average molecular weight is 533 g/mol. The molecule has 14 heteroatoms. The summed E-state index contributed by atoms with van der Waals surface area (Å²) in [6, 6.07) is 3.87. The fraction of sp³-hybridized carbons (Fsp3) is 0.478. The van der Waals surface area contributed by atoms with Gasteiger partial charge in [-0.2, -0.15) is 19.4 Å². The fourth-order valence-corrected chi connectivity index (χ4v) is 7.08. The van der Waals surface area contributed by atoms with Crippen molar-refractivity contribution < 1.29 is 22.7 Å². The Morgan fingerprint density at radius 2 is 1.95 bits per heavy atom. The van der Waals surface area contributed by atoms with Crippen LogP contribution in [0.1, 0.15) is 37.8 Å². The minimum atomic E-state index is -3.89. The topological polar surface area (TPSA) is 149 Å². The number of hydrogen-bond donors (Lipinski definition) is 3. The number of nitrogens with one attached hydrogen (secondary N) is 2. The summed E-state index contributed by atoms with van der Waals surface area (Å²) in [5.41, 5.74) is 0.558. The number of H-pyrrole nitrogens is 1. The third kappa shape index (κ3) is 5.08. The van der Waals surface area contributed by atoms with E-state index in [1.165, 1.54) is 13.3 Å². The van der Waals surface area contributed by atoms with Gasteiger partial charge < -0.3 is 20.1 Å². The monoisotopic (exact) mass is 532 g/mol. The number of aliphatic hydroxyl groups is 1. The van der Waals surface area contributed by atoms with E-state index in [1.54, 1.807) is 16.4 Å². The zero-order chi connectivity index (χ0) is 26.2. The molecule has 2 bridgehead atoms. The van der Waals surface area contributed by atoms with Gasteiger partial charge in [-0.25, -0.2) is 12.8 Å². The fourth-order valence-electron chi connectivity index (χ4n) is 5.21. The average Bonchev–Trinajstić information content (AvgIpc) is 3.34. The second kappa shape index (κ2) is 10.2. The third-order valence-corrected chi connectivity index (χ3v) is 8.93. The highest BCUT2D eigenvalue weighted by Gasteiger charge is 2.46. The van der Waals surface area contributed by atoms with Crippen LogP contribution in [0.4, 0.5) is 22.0 Å². The number of halogens is 1. The van der Waals surface area contributed by atoms with Gasteiger partial charge in [-0.15, -0.1) is 0 Å². The largest absolute Gasteiger partial charge is 0.481 e. The molecule has 0 amide bonds. The van der Waals surface area contributed by atoms with Crippen molar-refractivity contribution in [3.8, 4) is 5.88 Å². The molecule has 37 heavy (non-hydrogen) atoms. The number of pyridine rings is 1. The molecule has 2 saturated heterocycles. The lowest BCUT2D eigenvalue weighted by molar-refractivity contribution is 0.109. The highest BCUT2D eigenvalue weighted by molar-refractivity contribution is 7.89. The first-order valence-electron chi connectivity index (χ1n) is 12.0. The van der Waals surface area contributed by atoms with E-state index < -0.39 is 15.8 Å². The zero-order valence-electron chi connectivity index (χ0n) is 20.5. The lowest BCUT2D eigenvalue weighted by Crippen LogP contribution is -2.58. The first kappa shape index (κ1) is 25.3. The van der Waals surface area contributed by atoms with Crippen molar-refractivity contribution in [1.82, 2.24) is 29.5 Å². The van der Waals surface area contributed by atoms with Crippen LogP contribution in [-0.4, -0.2) is 75.3 Å². The van der Waals surface area contributed by atoms with E-state index in [2.05, 4.69) is 30.5 Å². The summed E-state index contributed by atoms with van der Waals surface area (Å²) in [6.07, 6.45) is 5.74. The number of ether oxygens (including phenoxy) is 1. The maximum atomic E-state index is 13.8. The number of anilines is 3. The van der Waals surface area contributed by atoms with Gasteiger partial charge in [-0.3, -0.25) is 10.1 Å². The number of rotatable bonds is 8. The predicted molar refractivity (Wildman–Crippen MR) is 132 cm³/mol. The van der Waals surface area contributed by atoms with Crippen LogP contribution >= 0.6 is 0 Å². The smallest absolute Gasteiger partial charge is 0.245 e. The molecule has 0 unspecified atom stereocenters. The number of hydrogen-bond acceptors (Lipinski definition) is 10. The third-order valence-electron chi connectivity index (χ3n) is 6.96. The lowest BCUT2D eigenvalue weighted by Gasteiger charge is -2.49. The van der Waals surface area contributed by atoms with Gasteiger partial charge in [0.1, 0.15) is 16.5 Å². The molecule has 2 aliphatic heterocycles. The van der Waals surface area contributed by atoms with E-state index in [4.69, 9.17) is 4.74 Å².